The summed E-state index contributed by atoms with van der Waals surface area (Å²) in [5, 5.41) is -0.0688. The maximum absolute atomic E-state index is 13.6. The van der Waals surface area contributed by atoms with Crippen molar-refractivity contribution in [3.63, 3.8) is 0 Å². The van der Waals surface area contributed by atoms with E-state index in [9.17, 15) is 13.2 Å². The van der Waals surface area contributed by atoms with Gasteiger partial charge in [-0.05, 0) is 105 Å². The van der Waals surface area contributed by atoms with Crippen LogP contribution < -0.4 is 14.4 Å². The first-order chi connectivity index (χ1) is 24.5. The Labute approximate surface area is 311 Å². The van der Waals surface area contributed by atoms with Crippen molar-refractivity contribution in [3.8, 4) is 5.75 Å². The average molecular weight is 753 g/mol. The van der Waals surface area contributed by atoms with Gasteiger partial charge < -0.3 is 14.4 Å². The standard InChI is InChI=1S/C39H49ClN4O5S2/c1-26-7-6-16-39(48-3,24-43-18-15-34-37(22-43)50-25-41-34)33-13-10-30(33)21-44-17-5-4-8-28-19-32(40)12-9-31(28)23-49-36-14-11-29(20-35(36)44)38(45)42-51(46,47)27(26)2/h6,9,11-12,14,16,19-20,25-27,30,33H,4-5,7-8,10,13,15,17-18,21-24H2,1-3H3,(H,42,45)/b16-6+/t26-,27+,30-,33+,39+/m0/s1. The van der Waals surface area contributed by atoms with Gasteiger partial charge >= 0.3 is 0 Å². The Balaban J connectivity index is 1.27. The Morgan fingerprint density at radius 2 is 1.96 bits per heavy atom. The van der Waals surface area contributed by atoms with Gasteiger partial charge in [-0.25, -0.2) is 18.1 Å². The Hall–Kier alpha value is -2.96. The molecule has 0 saturated heterocycles. The van der Waals surface area contributed by atoms with E-state index in [1.54, 1.807) is 24.3 Å². The van der Waals surface area contributed by atoms with Gasteiger partial charge in [0.2, 0.25) is 10.0 Å². The number of halogens is 1. The molecular weight excluding hydrogens is 704 g/mol. The van der Waals surface area contributed by atoms with E-state index < -0.39 is 26.8 Å². The lowest BCUT2D eigenvalue weighted by molar-refractivity contribution is -0.0930. The number of carbonyl (C=O) groups excluding carboxylic acids is 1. The number of nitrogens with one attached hydrogen (secondary N) is 1. The summed E-state index contributed by atoms with van der Waals surface area (Å²) in [6.45, 7) is 8.04. The van der Waals surface area contributed by atoms with Gasteiger partial charge in [0.05, 0.1) is 22.1 Å². The molecule has 51 heavy (non-hydrogen) atoms. The summed E-state index contributed by atoms with van der Waals surface area (Å²) < 4.78 is 42.7. The van der Waals surface area contributed by atoms with E-state index >= 15 is 0 Å². The molecule has 9 nitrogen and oxygen atoms in total. The molecule has 4 aliphatic rings. The summed E-state index contributed by atoms with van der Waals surface area (Å²) in [6.07, 6.45) is 10.7. The molecule has 274 valence electrons. The lowest BCUT2D eigenvalue weighted by Crippen LogP contribution is -2.56. The highest BCUT2D eigenvalue weighted by molar-refractivity contribution is 7.90. The summed E-state index contributed by atoms with van der Waals surface area (Å²) in [6, 6.07) is 11.3. The fourth-order valence-corrected chi connectivity index (χ4v) is 10.6. The summed E-state index contributed by atoms with van der Waals surface area (Å²) >= 11 is 8.12. The third kappa shape index (κ3) is 7.74. The normalized spacial score (nSPS) is 29.2. The SMILES string of the molecule is CO[C@@]1(CN2CCc3ncsc3C2)/C=C/C[C@H](C)[C@@H](C)S(=O)(=O)NC(=O)c2ccc3c(c2)N(CCCCc2cc(Cl)ccc2CO3)C[C@@H]2CC[C@H]21. The second kappa shape index (κ2) is 15.2. The monoisotopic (exact) mass is 752 g/mol. The van der Waals surface area contributed by atoms with Gasteiger partial charge in [-0.3, -0.25) is 9.69 Å². The number of hydrogen-bond acceptors (Lipinski definition) is 9. The van der Waals surface area contributed by atoms with Crippen LogP contribution >= 0.6 is 22.9 Å². The number of aryl methyl sites for hydroxylation is 1. The van der Waals surface area contributed by atoms with Crippen molar-refractivity contribution in [1.29, 1.82) is 0 Å². The lowest BCUT2D eigenvalue weighted by atomic mass is 9.63. The number of fused-ring (bicyclic) bond motifs is 4. The second-order valence-electron chi connectivity index (χ2n) is 14.9. The predicted octanol–water partition coefficient (Wildman–Crippen LogP) is 7.03. The van der Waals surface area contributed by atoms with Crippen molar-refractivity contribution in [2.45, 2.75) is 82.8 Å². The van der Waals surface area contributed by atoms with Gasteiger partial charge in [0.25, 0.3) is 5.91 Å². The molecule has 12 heteroatoms. The number of carbonyl (C=O) groups is 1. The highest BCUT2D eigenvalue weighted by atomic mass is 35.5. The molecule has 2 bridgehead atoms. The topological polar surface area (TPSA) is 101 Å². The van der Waals surface area contributed by atoms with Crippen LogP contribution in [-0.4, -0.2) is 68.3 Å². The van der Waals surface area contributed by atoms with E-state index in [0.29, 0.717) is 35.3 Å². The maximum atomic E-state index is 13.6. The highest BCUT2D eigenvalue weighted by Gasteiger charge is 2.48. The number of thiazole rings is 1. The third-order valence-corrected chi connectivity index (χ3v) is 14.8. The molecule has 5 atom stereocenters. The number of methoxy groups -OCH3 is 1. The number of nitrogens with zero attached hydrogens (tertiary/aromatic N) is 3. The Kier molecular flexibility index (Phi) is 10.8. The van der Waals surface area contributed by atoms with Gasteiger partial charge in [0.15, 0.2) is 0 Å². The van der Waals surface area contributed by atoms with E-state index in [4.69, 9.17) is 21.1 Å². The smallest absolute Gasteiger partial charge is 0.264 e. The quantitative estimate of drug-likeness (QED) is 0.285. The Bertz CT molecular complexity index is 1880. The average Bonchev–Trinajstić information content (AvgIpc) is 3.56. The molecule has 3 aliphatic heterocycles. The van der Waals surface area contributed by atoms with E-state index in [2.05, 4.69) is 31.7 Å². The predicted molar refractivity (Wildman–Crippen MR) is 203 cm³/mol. The van der Waals surface area contributed by atoms with Gasteiger partial charge in [0, 0.05) is 61.7 Å². The summed E-state index contributed by atoms with van der Waals surface area (Å²) in [5.41, 5.74) is 5.99. The van der Waals surface area contributed by atoms with Crippen LogP contribution in [-0.2, 0) is 40.8 Å². The largest absolute Gasteiger partial charge is 0.487 e. The zero-order valence-electron chi connectivity index (χ0n) is 29.8. The number of benzene rings is 2. The minimum absolute atomic E-state index is 0.227. The fourth-order valence-electron chi connectivity index (χ4n) is 8.29. The molecule has 1 N–H and O–H groups in total. The number of allylic oxidation sites excluding steroid dienone is 1. The number of anilines is 1. The zero-order chi connectivity index (χ0) is 35.8. The molecule has 7 rings (SSSR count). The first kappa shape index (κ1) is 36.4. The van der Waals surface area contributed by atoms with E-state index in [0.717, 1.165) is 82.5 Å². The number of ether oxygens (including phenoxy) is 2. The van der Waals surface area contributed by atoms with Crippen LogP contribution in [0.25, 0.3) is 0 Å². The zero-order valence-corrected chi connectivity index (χ0v) is 32.2. The number of sulfonamides is 1. The van der Waals surface area contributed by atoms with Crippen LogP contribution in [0.4, 0.5) is 5.69 Å². The molecule has 0 spiro atoms. The molecule has 4 heterocycles. The van der Waals surface area contributed by atoms with Crippen molar-refractivity contribution in [1.82, 2.24) is 14.6 Å². The third-order valence-electron chi connectivity index (χ3n) is 11.8. The van der Waals surface area contributed by atoms with E-state index in [1.165, 1.54) is 16.1 Å². The molecule has 3 aromatic rings. The summed E-state index contributed by atoms with van der Waals surface area (Å²) in [5.74, 6) is 0.415. The van der Waals surface area contributed by atoms with Crippen LogP contribution in [0.1, 0.15) is 78.0 Å². The minimum atomic E-state index is -3.96. The molecular formula is C39H49ClN4O5S2. The Morgan fingerprint density at radius 1 is 1.10 bits per heavy atom. The second-order valence-corrected chi connectivity index (χ2v) is 18.3. The first-order valence-corrected chi connectivity index (χ1v) is 21.1. The molecule has 1 aromatic heterocycles. The molecule has 0 unspecified atom stereocenters. The molecule has 1 saturated carbocycles. The number of aromatic nitrogens is 1. The summed E-state index contributed by atoms with van der Waals surface area (Å²) in [4.78, 5) is 24.4. The van der Waals surface area contributed by atoms with Crippen molar-refractivity contribution in [2.75, 3.05) is 38.2 Å². The van der Waals surface area contributed by atoms with Gasteiger partial charge in [-0.1, -0.05) is 36.7 Å². The first-order valence-electron chi connectivity index (χ1n) is 18.3. The maximum Gasteiger partial charge on any atom is 0.264 e. The van der Waals surface area contributed by atoms with Crippen LogP contribution in [0.15, 0.2) is 54.1 Å². The number of hydrogen-bond donors (Lipinski definition) is 1. The highest BCUT2D eigenvalue weighted by Crippen LogP contribution is 2.47. The van der Waals surface area contributed by atoms with Crippen LogP contribution in [0.2, 0.25) is 5.02 Å². The van der Waals surface area contributed by atoms with Gasteiger partial charge in [-0.2, -0.15) is 0 Å². The van der Waals surface area contributed by atoms with Crippen molar-refractivity contribution in [3.05, 3.63) is 86.3 Å². The molecule has 1 amide bonds. The number of rotatable bonds is 3. The Morgan fingerprint density at radius 3 is 2.76 bits per heavy atom. The number of amides is 1. The summed E-state index contributed by atoms with van der Waals surface area (Å²) in [7, 11) is -2.13. The van der Waals surface area contributed by atoms with Gasteiger partial charge in [-0.15, -0.1) is 11.3 Å². The fraction of sp³-hybridized carbons (Fsp3) is 0.538. The molecule has 0 radical (unpaired) electrons. The van der Waals surface area contributed by atoms with Crippen LogP contribution in [0.5, 0.6) is 5.75 Å². The van der Waals surface area contributed by atoms with Crippen molar-refractivity contribution in [2.24, 2.45) is 17.8 Å². The molecule has 2 aromatic carbocycles. The van der Waals surface area contributed by atoms with Crippen LogP contribution in [0.3, 0.4) is 0 Å². The molecule has 1 fully saturated rings. The van der Waals surface area contributed by atoms with Crippen molar-refractivity contribution < 1.29 is 22.7 Å². The van der Waals surface area contributed by atoms with Gasteiger partial charge in [0.1, 0.15) is 18.0 Å². The van der Waals surface area contributed by atoms with Crippen molar-refractivity contribution >= 4 is 44.6 Å². The van der Waals surface area contributed by atoms with E-state index in [1.807, 2.05) is 49.9 Å². The van der Waals surface area contributed by atoms with Crippen LogP contribution in [0, 0.1) is 17.8 Å². The minimum Gasteiger partial charge on any atom is -0.487 e. The lowest BCUT2D eigenvalue weighted by Gasteiger charge is -2.51. The van der Waals surface area contributed by atoms with E-state index in [-0.39, 0.29) is 11.8 Å². The molecule has 1 aliphatic carbocycles.